The largest absolute Gasteiger partial charge is 0.476 e. The average molecular weight is 266 g/mol. The van der Waals surface area contributed by atoms with Crippen LogP contribution in [0.25, 0.3) is 0 Å². The van der Waals surface area contributed by atoms with Crippen LogP contribution in [0.1, 0.15) is 35.6 Å². The number of hydrogen-bond donors (Lipinski definition) is 2. The number of aromatic carboxylic acids is 1. The van der Waals surface area contributed by atoms with E-state index in [-0.39, 0.29) is 11.3 Å². The molecule has 0 fully saturated rings. The van der Waals surface area contributed by atoms with Crippen molar-refractivity contribution in [1.29, 1.82) is 0 Å². The van der Waals surface area contributed by atoms with Crippen molar-refractivity contribution in [2.75, 3.05) is 0 Å². The van der Waals surface area contributed by atoms with Gasteiger partial charge in [0.25, 0.3) is 0 Å². The third-order valence-corrected chi connectivity index (χ3v) is 3.07. The van der Waals surface area contributed by atoms with Crippen molar-refractivity contribution in [3.8, 4) is 0 Å². The first kappa shape index (κ1) is 13.2. The number of carboxylic acids is 1. The minimum Gasteiger partial charge on any atom is -0.476 e. The predicted molar refractivity (Wildman–Crippen MR) is 64.0 cm³/mol. The molecule has 0 aliphatic heterocycles. The highest BCUT2D eigenvalue weighted by molar-refractivity contribution is 5.85. The van der Waals surface area contributed by atoms with Crippen LogP contribution >= 0.6 is 0 Å². The molecule has 0 saturated carbocycles. The molecular formula is C13H12F2N2O2. The molecule has 1 aromatic heterocycles. The van der Waals surface area contributed by atoms with E-state index in [0.29, 0.717) is 5.69 Å². The van der Waals surface area contributed by atoms with Gasteiger partial charge >= 0.3 is 5.97 Å². The van der Waals surface area contributed by atoms with E-state index in [2.05, 4.69) is 10.2 Å². The van der Waals surface area contributed by atoms with E-state index in [0.717, 1.165) is 18.2 Å². The maximum Gasteiger partial charge on any atom is 0.356 e. The highest BCUT2D eigenvalue weighted by Gasteiger charge is 2.29. The summed E-state index contributed by atoms with van der Waals surface area (Å²) in [6.07, 6.45) is 0. The molecule has 2 N–H and O–H groups in total. The van der Waals surface area contributed by atoms with E-state index in [1.54, 1.807) is 13.8 Å². The molecule has 1 heterocycles. The van der Waals surface area contributed by atoms with E-state index in [1.807, 2.05) is 0 Å². The lowest BCUT2D eigenvalue weighted by Gasteiger charge is -2.24. The van der Waals surface area contributed by atoms with Crippen molar-refractivity contribution in [3.63, 3.8) is 0 Å². The number of carbonyl (C=O) groups is 1. The Morgan fingerprint density at radius 1 is 1.32 bits per heavy atom. The second-order valence-corrected chi connectivity index (χ2v) is 4.72. The second kappa shape index (κ2) is 4.46. The number of rotatable bonds is 3. The molecule has 6 heteroatoms. The Kier molecular flexibility index (Phi) is 3.09. The van der Waals surface area contributed by atoms with Crippen LogP contribution < -0.4 is 0 Å². The van der Waals surface area contributed by atoms with Crippen molar-refractivity contribution < 1.29 is 18.7 Å². The van der Waals surface area contributed by atoms with Gasteiger partial charge in [-0.1, -0.05) is 13.8 Å². The molecule has 19 heavy (non-hydrogen) atoms. The van der Waals surface area contributed by atoms with Gasteiger partial charge in [0.1, 0.15) is 11.6 Å². The average Bonchev–Trinajstić information content (AvgIpc) is 2.82. The summed E-state index contributed by atoms with van der Waals surface area (Å²) in [5.74, 6) is -2.29. The summed E-state index contributed by atoms with van der Waals surface area (Å²) in [5.41, 5.74) is -0.560. The summed E-state index contributed by atoms with van der Waals surface area (Å²) in [4.78, 5) is 10.8. The Morgan fingerprint density at radius 3 is 2.58 bits per heavy atom. The van der Waals surface area contributed by atoms with Crippen LogP contribution in [0.4, 0.5) is 8.78 Å². The molecule has 0 radical (unpaired) electrons. The predicted octanol–water partition coefficient (Wildman–Crippen LogP) is 2.71. The second-order valence-electron chi connectivity index (χ2n) is 4.72. The van der Waals surface area contributed by atoms with Gasteiger partial charge in [0, 0.05) is 16.7 Å². The number of aromatic amines is 1. The maximum atomic E-state index is 13.8. The summed E-state index contributed by atoms with van der Waals surface area (Å²) >= 11 is 0. The Morgan fingerprint density at radius 2 is 2.00 bits per heavy atom. The van der Waals surface area contributed by atoms with Gasteiger partial charge in [0.05, 0.1) is 0 Å². The van der Waals surface area contributed by atoms with Gasteiger partial charge in [-0.15, -0.1) is 0 Å². The fraction of sp³-hybridized carbons (Fsp3) is 0.231. The lowest BCUT2D eigenvalue weighted by molar-refractivity contribution is 0.0690. The van der Waals surface area contributed by atoms with Gasteiger partial charge in [-0.25, -0.2) is 13.6 Å². The van der Waals surface area contributed by atoms with Gasteiger partial charge < -0.3 is 5.11 Å². The number of hydrogen-bond acceptors (Lipinski definition) is 2. The Hall–Kier alpha value is -2.24. The molecule has 0 unspecified atom stereocenters. The lowest BCUT2D eigenvalue weighted by atomic mass is 9.81. The van der Waals surface area contributed by atoms with Crippen molar-refractivity contribution in [1.82, 2.24) is 10.2 Å². The molecule has 100 valence electrons. The summed E-state index contributed by atoms with van der Waals surface area (Å²) < 4.78 is 27.0. The van der Waals surface area contributed by atoms with Crippen LogP contribution in [0, 0.1) is 11.6 Å². The first-order chi connectivity index (χ1) is 8.82. The first-order valence-corrected chi connectivity index (χ1v) is 5.57. The molecule has 2 aromatic rings. The molecule has 0 saturated heterocycles. The standard InChI is InChI=1S/C13H12F2N2O2/c1-13(2,8-5-7(14)3-4-9(8)15)11-6-10(12(18)19)16-17-11/h3-6H,1-2H3,(H,16,17)(H,18,19). The zero-order valence-electron chi connectivity index (χ0n) is 10.4. The normalized spacial score (nSPS) is 11.6. The molecule has 1 aromatic carbocycles. The third-order valence-electron chi connectivity index (χ3n) is 3.07. The van der Waals surface area contributed by atoms with Gasteiger partial charge in [0.2, 0.25) is 0 Å². The molecule has 0 spiro atoms. The Bertz CT molecular complexity index is 635. The number of nitrogens with one attached hydrogen (secondary N) is 1. The summed E-state index contributed by atoms with van der Waals surface area (Å²) in [5, 5.41) is 15.0. The molecule has 0 amide bonds. The molecular weight excluding hydrogens is 254 g/mol. The van der Waals surface area contributed by atoms with Crippen molar-refractivity contribution >= 4 is 5.97 Å². The third kappa shape index (κ3) is 2.33. The number of H-pyrrole nitrogens is 1. The van der Waals surface area contributed by atoms with Crippen LogP contribution in [0.2, 0.25) is 0 Å². The van der Waals surface area contributed by atoms with Crippen molar-refractivity contribution in [2.45, 2.75) is 19.3 Å². The molecule has 0 aliphatic carbocycles. The molecule has 0 aliphatic rings. The summed E-state index contributed by atoms with van der Waals surface area (Å²) in [6, 6.07) is 4.48. The molecule has 0 bridgehead atoms. The molecule has 4 nitrogen and oxygen atoms in total. The van der Waals surface area contributed by atoms with E-state index < -0.39 is 23.0 Å². The molecule has 2 rings (SSSR count). The van der Waals surface area contributed by atoms with E-state index in [4.69, 9.17) is 5.11 Å². The Balaban J connectivity index is 2.51. The number of carboxylic acid groups (broad SMARTS) is 1. The van der Waals surface area contributed by atoms with Gasteiger partial charge in [-0.3, -0.25) is 5.10 Å². The Labute approximate surface area is 108 Å². The van der Waals surface area contributed by atoms with E-state index >= 15 is 0 Å². The SMILES string of the molecule is CC(C)(c1cc(C(=O)O)n[nH]1)c1cc(F)ccc1F. The minimum atomic E-state index is -1.18. The van der Waals surface area contributed by atoms with Crippen LogP contribution in [0.3, 0.4) is 0 Å². The number of halogens is 2. The van der Waals surface area contributed by atoms with Crippen LogP contribution in [0.15, 0.2) is 24.3 Å². The fourth-order valence-electron chi connectivity index (χ4n) is 1.87. The highest BCUT2D eigenvalue weighted by atomic mass is 19.1. The topological polar surface area (TPSA) is 66.0 Å². The van der Waals surface area contributed by atoms with Crippen LogP contribution in [0.5, 0.6) is 0 Å². The van der Waals surface area contributed by atoms with E-state index in [1.165, 1.54) is 6.07 Å². The van der Waals surface area contributed by atoms with Crippen molar-refractivity contribution in [2.24, 2.45) is 0 Å². The van der Waals surface area contributed by atoms with Crippen LogP contribution in [-0.4, -0.2) is 21.3 Å². The zero-order valence-corrected chi connectivity index (χ0v) is 10.4. The van der Waals surface area contributed by atoms with Gasteiger partial charge in [0.15, 0.2) is 5.69 Å². The highest BCUT2D eigenvalue weighted by Crippen LogP contribution is 2.32. The first-order valence-electron chi connectivity index (χ1n) is 5.57. The summed E-state index contributed by atoms with van der Waals surface area (Å²) in [6.45, 7) is 3.31. The van der Waals surface area contributed by atoms with Gasteiger partial charge in [-0.05, 0) is 24.3 Å². The van der Waals surface area contributed by atoms with Crippen LogP contribution in [-0.2, 0) is 5.41 Å². The van der Waals surface area contributed by atoms with Crippen molar-refractivity contribution in [3.05, 3.63) is 52.9 Å². The zero-order chi connectivity index (χ0) is 14.2. The monoisotopic (exact) mass is 266 g/mol. The van der Waals surface area contributed by atoms with Gasteiger partial charge in [-0.2, -0.15) is 5.10 Å². The molecule has 0 atom stereocenters. The quantitative estimate of drug-likeness (QED) is 0.897. The maximum absolute atomic E-state index is 13.8. The number of benzene rings is 1. The lowest BCUT2D eigenvalue weighted by Crippen LogP contribution is -2.21. The number of aromatic nitrogens is 2. The van der Waals surface area contributed by atoms with E-state index in [9.17, 15) is 13.6 Å². The smallest absolute Gasteiger partial charge is 0.356 e. The summed E-state index contributed by atoms with van der Waals surface area (Å²) in [7, 11) is 0. The number of nitrogens with zero attached hydrogens (tertiary/aromatic N) is 1. The minimum absolute atomic E-state index is 0.132. The fourth-order valence-corrected chi connectivity index (χ4v) is 1.87.